The van der Waals surface area contributed by atoms with E-state index in [1.165, 1.54) is 6.07 Å². The molecule has 2 rings (SSSR count). The van der Waals surface area contributed by atoms with E-state index in [2.05, 4.69) is 21.2 Å². The molecule has 3 nitrogen and oxygen atoms in total. The largest absolute Gasteiger partial charge is 0.342 e. The number of halogens is 4. The molecule has 20 heavy (non-hydrogen) atoms. The van der Waals surface area contributed by atoms with E-state index < -0.39 is 17.5 Å². The average molecular weight is 364 g/mol. The standard InChI is InChI=1S/C13H10BrClF2N2O/c1-2-19-6-7(15)3-12(19)13(20)18-11-5-9(16)8(14)4-10(11)17/h3-6H,2H2,1H3,(H,18,20). The third kappa shape index (κ3) is 3.02. The second-order valence-electron chi connectivity index (χ2n) is 4.03. The van der Waals surface area contributed by atoms with Gasteiger partial charge in [0.15, 0.2) is 0 Å². The summed E-state index contributed by atoms with van der Waals surface area (Å²) in [5.74, 6) is -1.95. The molecule has 0 aliphatic carbocycles. The van der Waals surface area contributed by atoms with Gasteiger partial charge in [-0.1, -0.05) is 11.6 Å². The van der Waals surface area contributed by atoms with E-state index in [-0.39, 0.29) is 15.9 Å². The van der Waals surface area contributed by atoms with Gasteiger partial charge < -0.3 is 9.88 Å². The third-order valence-electron chi connectivity index (χ3n) is 2.69. The predicted molar refractivity (Wildman–Crippen MR) is 77.1 cm³/mol. The number of benzene rings is 1. The first-order valence-corrected chi connectivity index (χ1v) is 6.91. The van der Waals surface area contributed by atoms with E-state index in [0.717, 1.165) is 12.1 Å². The lowest BCUT2D eigenvalue weighted by molar-refractivity contribution is 0.101. The number of amides is 1. The molecule has 106 valence electrons. The third-order valence-corrected chi connectivity index (χ3v) is 3.51. The summed E-state index contributed by atoms with van der Waals surface area (Å²) < 4.78 is 28.6. The van der Waals surface area contributed by atoms with E-state index in [1.54, 1.807) is 10.8 Å². The zero-order valence-corrected chi connectivity index (χ0v) is 12.7. The molecule has 0 atom stereocenters. The Morgan fingerprint density at radius 1 is 1.35 bits per heavy atom. The Kier molecular flexibility index (Phi) is 4.45. The Morgan fingerprint density at radius 2 is 2.05 bits per heavy atom. The highest BCUT2D eigenvalue weighted by atomic mass is 79.9. The van der Waals surface area contributed by atoms with Crippen molar-refractivity contribution >= 4 is 39.1 Å². The monoisotopic (exact) mass is 362 g/mol. The average Bonchev–Trinajstić information content (AvgIpc) is 2.77. The number of carbonyl (C=O) groups is 1. The fourth-order valence-electron chi connectivity index (χ4n) is 1.73. The Bertz CT molecular complexity index is 673. The topological polar surface area (TPSA) is 34.0 Å². The van der Waals surface area contributed by atoms with Crippen LogP contribution < -0.4 is 5.32 Å². The first kappa shape index (κ1) is 15.0. The summed E-state index contributed by atoms with van der Waals surface area (Å²) in [4.78, 5) is 12.1. The van der Waals surface area contributed by atoms with Crippen LogP contribution in [0.2, 0.25) is 5.02 Å². The Morgan fingerprint density at radius 3 is 2.70 bits per heavy atom. The molecule has 0 radical (unpaired) electrons. The molecular formula is C13H10BrClF2N2O. The van der Waals surface area contributed by atoms with Gasteiger partial charge in [-0.2, -0.15) is 0 Å². The molecule has 1 amide bonds. The molecule has 0 unspecified atom stereocenters. The number of carbonyl (C=O) groups excluding carboxylic acids is 1. The molecule has 0 fully saturated rings. The Labute approximate surface area is 127 Å². The lowest BCUT2D eigenvalue weighted by atomic mass is 10.3. The van der Waals surface area contributed by atoms with Gasteiger partial charge in [-0.25, -0.2) is 8.78 Å². The quantitative estimate of drug-likeness (QED) is 0.803. The minimum absolute atomic E-state index is 0.00650. The first-order valence-electron chi connectivity index (χ1n) is 5.74. The molecule has 1 aromatic heterocycles. The van der Waals surface area contributed by atoms with Crippen LogP contribution in [-0.4, -0.2) is 10.5 Å². The predicted octanol–water partition coefficient (Wildman–Crippen LogP) is 4.45. The van der Waals surface area contributed by atoms with Crippen molar-refractivity contribution in [2.24, 2.45) is 0 Å². The van der Waals surface area contributed by atoms with Gasteiger partial charge in [0.05, 0.1) is 15.2 Å². The highest BCUT2D eigenvalue weighted by Crippen LogP contribution is 2.24. The fraction of sp³-hybridized carbons (Fsp3) is 0.154. The maximum atomic E-state index is 13.6. The molecule has 0 aliphatic heterocycles. The zero-order chi connectivity index (χ0) is 14.9. The van der Waals surface area contributed by atoms with Gasteiger partial charge in [0.25, 0.3) is 5.91 Å². The summed E-state index contributed by atoms with van der Waals surface area (Å²) in [6.45, 7) is 2.37. The van der Waals surface area contributed by atoms with E-state index in [4.69, 9.17) is 11.6 Å². The molecule has 0 spiro atoms. The SMILES string of the molecule is CCn1cc(Cl)cc1C(=O)Nc1cc(F)c(Br)cc1F. The number of anilines is 1. The van der Waals surface area contributed by atoms with Crippen LogP contribution in [-0.2, 0) is 6.54 Å². The van der Waals surface area contributed by atoms with Crippen molar-refractivity contribution in [3.05, 3.63) is 51.2 Å². The van der Waals surface area contributed by atoms with Gasteiger partial charge in [0.2, 0.25) is 0 Å². The molecular weight excluding hydrogens is 354 g/mol. The molecule has 0 saturated carbocycles. The summed E-state index contributed by atoms with van der Waals surface area (Å²) in [5.41, 5.74) is 0.0518. The van der Waals surface area contributed by atoms with Crippen LogP contribution in [0.5, 0.6) is 0 Å². The van der Waals surface area contributed by atoms with Crippen LogP contribution >= 0.6 is 27.5 Å². The fourth-order valence-corrected chi connectivity index (χ4v) is 2.27. The number of hydrogen-bond acceptors (Lipinski definition) is 1. The number of aromatic nitrogens is 1. The van der Waals surface area contributed by atoms with E-state index in [0.29, 0.717) is 11.6 Å². The van der Waals surface area contributed by atoms with Gasteiger partial charge >= 0.3 is 0 Å². The molecule has 1 N–H and O–H groups in total. The normalized spacial score (nSPS) is 10.7. The summed E-state index contributed by atoms with van der Waals surface area (Å²) in [6, 6.07) is 3.34. The highest BCUT2D eigenvalue weighted by Gasteiger charge is 2.16. The van der Waals surface area contributed by atoms with Crippen LogP contribution in [0, 0.1) is 11.6 Å². The van der Waals surface area contributed by atoms with E-state index in [9.17, 15) is 13.6 Å². The number of rotatable bonds is 3. The van der Waals surface area contributed by atoms with Crippen LogP contribution in [0.1, 0.15) is 17.4 Å². The smallest absolute Gasteiger partial charge is 0.272 e. The summed E-state index contributed by atoms with van der Waals surface area (Å²) in [7, 11) is 0. The van der Waals surface area contributed by atoms with Gasteiger partial charge in [-0.15, -0.1) is 0 Å². The number of aryl methyl sites for hydroxylation is 1. The second kappa shape index (κ2) is 5.93. The number of nitrogens with zero attached hydrogens (tertiary/aromatic N) is 1. The Hall–Kier alpha value is -1.40. The maximum Gasteiger partial charge on any atom is 0.272 e. The minimum atomic E-state index is -0.729. The van der Waals surface area contributed by atoms with Gasteiger partial charge in [0, 0.05) is 18.8 Å². The molecule has 0 aliphatic rings. The van der Waals surface area contributed by atoms with Crippen molar-refractivity contribution in [1.29, 1.82) is 0 Å². The maximum absolute atomic E-state index is 13.6. The van der Waals surface area contributed by atoms with Crippen molar-refractivity contribution < 1.29 is 13.6 Å². The minimum Gasteiger partial charge on any atom is -0.342 e. The van der Waals surface area contributed by atoms with Crippen molar-refractivity contribution in [3.8, 4) is 0 Å². The summed E-state index contributed by atoms with van der Waals surface area (Å²) in [5, 5.41) is 2.73. The van der Waals surface area contributed by atoms with E-state index in [1.807, 2.05) is 6.92 Å². The molecule has 7 heteroatoms. The van der Waals surface area contributed by atoms with Gasteiger partial charge in [-0.3, -0.25) is 4.79 Å². The second-order valence-corrected chi connectivity index (χ2v) is 5.32. The number of nitrogens with one attached hydrogen (secondary N) is 1. The first-order chi connectivity index (χ1) is 9.42. The van der Waals surface area contributed by atoms with Gasteiger partial charge in [0.1, 0.15) is 17.3 Å². The highest BCUT2D eigenvalue weighted by molar-refractivity contribution is 9.10. The van der Waals surface area contributed by atoms with Crippen LogP contribution in [0.25, 0.3) is 0 Å². The zero-order valence-electron chi connectivity index (χ0n) is 10.4. The van der Waals surface area contributed by atoms with Crippen LogP contribution in [0.4, 0.5) is 14.5 Å². The lowest BCUT2D eigenvalue weighted by Gasteiger charge is -2.09. The van der Waals surface area contributed by atoms with Crippen LogP contribution in [0.15, 0.2) is 28.9 Å². The van der Waals surface area contributed by atoms with Crippen molar-refractivity contribution in [1.82, 2.24) is 4.57 Å². The van der Waals surface area contributed by atoms with Crippen molar-refractivity contribution in [2.75, 3.05) is 5.32 Å². The molecule has 1 aromatic carbocycles. The van der Waals surface area contributed by atoms with E-state index >= 15 is 0 Å². The molecule has 0 bridgehead atoms. The Balaban J connectivity index is 2.30. The van der Waals surface area contributed by atoms with Crippen molar-refractivity contribution in [2.45, 2.75) is 13.5 Å². The van der Waals surface area contributed by atoms with Gasteiger partial charge in [-0.05, 0) is 35.0 Å². The molecule has 2 aromatic rings. The summed E-state index contributed by atoms with van der Waals surface area (Å²) in [6.07, 6.45) is 1.59. The summed E-state index contributed by atoms with van der Waals surface area (Å²) >= 11 is 8.70. The lowest BCUT2D eigenvalue weighted by Crippen LogP contribution is -2.17. The number of hydrogen-bond donors (Lipinski definition) is 1. The van der Waals surface area contributed by atoms with Crippen LogP contribution in [0.3, 0.4) is 0 Å². The molecule has 0 saturated heterocycles. The molecule has 1 heterocycles. The van der Waals surface area contributed by atoms with Crippen molar-refractivity contribution in [3.63, 3.8) is 0 Å².